The lowest BCUT2D eigenvalue weighted by Crippen LogP contribution is -2.50. The van der Waals surface area contributed by atoms with E-state index in [1.165, 1.54) is 18.9 Å². The molecule has 1 aromatic carbocycles. The van der Waals surface area contributed by atoms with Gasteiger partial charge >= 0.3 is 6.09 Å². The van der Waals surface area contributed by atoms with Gasteiger partial charge in [0.1, 0.15) is 5.60 Å². The highest BCUT2D eigenvalue weighted by molar-refractivity contribution is 5.69. The molecule has 0 saturated heterocycles. The number of nitrogens with zero attached hydrogens (tertiary/aromatic N) is 2. The molecule has 2 aliphatic rings. The van der Waals surface area contributed by atoms with Crippen LogP contribution < -0.4 is 0 Å². The molecule has 6 nitrogen and oxygen atoms in total. The Morgan fingerprint density at radius 3 is 2.00 bits per heavy atom. The number of carbonyl (C=O) groups is 1. The van der Waals surface area contributed by atoms with Crippen LogP contribution in [0.15, 0.2) is 24.3 Å². The number of para-hydroxylation sites is 1. The molecule has 0 aromatic heterocycles. The van der Waals surface area contributed by atoms with E-state index >= 15 is 0 Å². The number of hydrogen-bond acceptors (Lipinski definition) is 4. The molecule has 3 rings (SSSR count). The topological polar surface area (TPSA) is 72.7 Å². The fraction of sp³-hybridized carbons (Fsp3) is 0.682. The second kappa shape index (κ2) is 8.93. The van der Waals surface area contributed by atoms with Crippen LogP contribution >= 0.6 is 0 Å². The summed E-state index contributed by atoms with van der Waals surface area (Å²) in [5.41, 5.74) is -0.648. The van der Waals surface area contributed by atoms with E-state index in [-0.39, 0.29) is 23.9 Å². The van der Waals surface area contributed by atoms with Crippen LogP contribution in [0, 0.1) is 10.1 Å². The predicted molar refractivity (Wildman–Crippen MR) is 108 cm³/mol. The molecule has 0 heterocycles. The van der Waals surface area contributed by atoms with E-state index in [1.54, 1.807) is 32.0 Å². The summed E-state index contributed by atoms with van der Waals surface area (Å²) >= 11 is 0. The summed E-state index contributed by atoms with van der Waals surface area (Å²) in [5, 5.41) is 11.4. The van der Waals surface area contributed by atoms with Gasteiger partial charge in [-0.05, 0) is 45.6 Å². The molecule has 0 N–H and O–H groups in total. The van der Waals surface area contributed by atoms with Crippen molar-refractivity contribution in [3.05, 3.63) is 39.9 Å². The van der Waals surface area contributed by atoms with Crippen molar-refractivity contribution in [3.8, 4) is 0 Å². The van der Waals surface area contributed by atoms with Gasteiger partial charge in [-0.1, -0.05) is 50.7 Å². The molecule has 0 radical (unpaired) electrons. The number of hydrogen-bond donors (Lipinski definition) is 0. The summed E-state index contributed by atoms with van der Waals surface area (Å²) in [5.74, 6) is 0. The second-order valence-corrected chi connectivity index (χ2v) is 8.64. The number of ether oxygens (including phenoxy) is 1. The second-order valence-electron chi connectivity index (χ2n) is 8.64. The first kappa shape index (κ1) is 20.6. The standard InChI is InChI=1S/C22H32N2O4/c1-22(2,19-15-9-10-16-20(19)24(26)27)28-21(25)23(17-11-5-3-6-12-17)18-13-7-4-8-14-18/h9-10,15-18H,3-8,11-14H2,1-2H3. The third-order valence-electron chi connectivity index (χ3n) is 6.24. The summed E-state index contributed by atoms with van der Waals surface area (Å²) in [6, 6.07) is 6.98. The summed E-state index contributed by atoms with van der Waals surface area (Å²) in [6.07, 6.45) is 10.8. The van der Waals surface area contributed by atoms with Gasteiger partial charge in [0.25, 0.3) is 5.69 Å². The van der Waals surface area contributed by atoms with E-state index in [2.05, 4.69) is 0 Å². The first-order valence-electron chi connectivity index (χ1n) is 10.7. The number of nitro groups is 1. The van der Waals surface area contributed by atoms with Crippen molar-refractivity contribution in [3.63, 3.8) is 0 Å². The molecule has 2 aliphatic carbocycles. The van der Waals surface area contributed by atoms with E-state index in [0.29, 0.717) is 5.56 Å². The van der Waals surface area contributed by atoms with Gasteiger partial charge in [-0.2, -0.15) is 0 Å². The average molecular weight is 389 g/mol. The quantitative estimate of drug-likeness (QED) is 0.462. The zero-order chi connectivity index (χ0) is 20.1. The van der Waals surface area contributed by atoms with Crippen LogP contribution in [0.1, 0.15) is 83.6 Å². The minimum Gasteiger partial charge on any atom is -0.438 e. The van der Waals surface area contributed by atoms with Crippen LogP contribution in [0.3, 0.4) is 0 Å². The third kappa shape index (κ3) is 4.65. The molecule has 1 aromatic rings. The summed E-state index contributed by atoms with van der Waals surface area (Å²) < 4.78 is 5.97. The van der Waals surface area contributed by atoms with E-state index in [1.807, 2.05) is 4.90 Å². The Kier molecular flexibility index (Phi) is 6.57. The maximum atomic E-state index is 13.3. The number of amides is 1. The smallest absolute Gasteiger partial charge is 0.411 e. The van der Waals surface area contributed by atoms with Crippen LogP contribution in [0.2, 0.25) is 0 Å². The Morgan fingerprint density at radius 2 is 1.50 bits per heavy atom. The Labute approximate surface area is 167 Å². The molecule has 0 unspecified atom stereocenters. The minimum atomic E-state index is -1.07. The monoisotopic (exact) mass is 388 g/mol. The molecule has 0 aliphatic heterocycles. The van der Waals surface area contributed by atoms with E-state index in [9.17, 15) is 14.9 Å². The van der Waals surface area contributed by atoms with Crippen LogP contribution in [0.4, 0.5) is 10.5 Å². The van der Waals surface area contributed by atoms with Crippen LogP contribution in [-0.2, 0) is 10.3 Å². The van der Waals surface area contributed by atoms with Gasteiger partial charge < -0.3 is 9.64 Å². The molecule has 0 bridgehead atoms. The van der Waals surface area contributed by atoms with Gasteiger partial charge in [0.05, 0.1) is 10.5 Å². The molecule has 28 heavy (non-hydrogen) atoms. The zero-order valence-electron chi connectivity index (χ0n) is 17.1. The fourth-order valence-electron chi connectivity index (χ4n) is 4.78. The molecule has 2 fully saturated rings. The lowest BCUT2D eigenvalue weighted by molar-refractivity contribution is -0.386. The first-order valence-corrected chi connectivity index (χ1v) is 10.7. The van der Waals surface area contributed by atoms with Crippen molar-refractivity contribution in [1.82, 2.24) is 4.90 Å². The molecule has 0 atom stereocenters. The largest absolute Gasteiger partial charge is 0.438 e. The molecule has 1 amide bonds. The Bertz CT molecular complexity index is 674. The minimum absolute atomic E-state index is 0.0119. The van der Waals surface area contributed by atoms with Crippen molar-refractivity contribution in [2.24, 2.45) is 0 Å². The zero-order valence-corrected chi connectivity index (χ0v) is 17.1. The maximum absolute atomic E-state index is 13.3. The number of carbonyl (C=O) groups excluding carboxylic acids is 1. The van der Waals surface area contributed by atoms with Gasteiger partial charge in [-0.15, -0.1) is 0 Å². The normalized spacial score (nSPS) is 19.2. The van der Waals surface area contributed by atoms with Crippen LogP contribution in [0.5, 0.6) is 0 Å². The summed E-state index contributed by atoms with van der Waals surface area (Å²) in [4.78, 5) is 26.4. The Hall–Kier alpha value is -2.11. The Balaban J connectivity index is 1.83. The average Bonchev–Trinajstić information content (AvgIpc) is 2.69. The molecule has 2 saturated carbocycles. The van der Waals surface area contributed by atoms with Crippen molar-refractivity contribution in [1.29, 1.82) is 0 Å². The van der Waals surface area contributed by atoms with Gasteiger partial charge in [0, 0.05) is 18.2 Å². The number of benzene rings is 1. The van der Waals surface area contributed by atoms with Gasteiger partial charge in [0.15, 0.2) is 0 Å². The highest BCUT2D eigenvalue weighted by Crippen LogP contribution is 2.36. The van der Waals surface area contributed by atoms with Crippen LogP contribution in [0.25, 0.3) is 0 Å². The molecular weight excluding hydrogens is 356 g/mol. The van der Waals surface area contributed by atoms with Crippen molar-refractivity contribution >= 4 is 11.8 Å². The summed E-state index contributed by atoms with van der Waals surface area (Å²) in [7, 11) is 0. The lowest BCUT2D eigenvalue weighted by atomic mass is 9.89. The molecule has 0 spiro atoms. The maximum Gasteiger partial charge on any atom is 0.411 e. The fourth-order valence-corrected chi connectivity index (χ4v) is 4.78. The van der Waals surface area contributed by atoms with Crippen molar-refractivity contribution in [2.45, 2.75) is 95.7 Å². The highest BCUT2D eigenvalue weighted by Gasteiger charge is 2.38. The number of nitro benzene ring substituents is 1. The Morgan fingerprint density at radius 1 is 1.00 bits per heavy atom. The van der Waals surface area contributed by atoms with Gasteiger partial charge in [-0.25, -0.2) is 4.79 Å². The van der Waals surface area contributed by atoms with Crippen molar-refractivity contribution in [2.75, 3.05) is 0 Å². The molecular formula is C22H32N2O4. The SMILES string of the molecule is CC(C)(OC(=O)N(C1CCCCC1)C1CCCCC1)c1ccccc1[N+](=O)[O-]. The van der Waals surface area contributed by atoms with Gasteiger partial charge in [0.2, 0.25) is 0 Å². The number of rotatable bonds is 5. The van der Waals surface area contributed by atoms with Crippen molar-refractivity contribution < 1.29 is 14.5 Å². The lowest BCUT2D eigenvalue weighted by Gasteiger charge is -2.42. The molecule has 154 valence electrons. The summed E-state index contributed by atoms with van der Waals surface area (Å²) in [6.45, 7) is 3.49. The highest BCUT2D eigenvalue weighted by atomic mass is 16.6. The third-order valence-corrected chi connectivity index (χ3v) is 6.24. The van der Waals surface area contributed by atoms with E-state index in [0.717, 1.165) is 51.4 Å². The predicted octanol–water partition coefficient (Wildman–Crippen LogP) is 5.93. The molecule has 6 heteroatoms. The first-order chi connectivity index (χ1) is 13.4. The van der Waals surface area contributed by atoms with Gasteiger partial charge in [-0.3, -0.25) is 10.1 Å². The van der Waals surface area contributed by atoms with E-state index in [4.69, 9.17) is 4.74 Å². The van der Waals surface area contributed by atoms with E-state index < -0.39 is 10.5 Å². The van der Waals surface area contributed by atoms with Crippen LogP contribution in [-0.4, -0.2) is 28.0 Å².